The van der Waals surface area contributed by atoms with E-state index in [4.69, 9.17) is 9.47 Å². The third-order valence-corrected chi connectivity index (χ3v) is 4.72. The van der Waals surface area contributed by atoms with Crippen LogP contribution in [0.3, 0.4) is 0 Å². The zero-order valence-corrected chi connectivity index (χ0v) is 16.4. The third-order valence-electron chi connectivity index (χ3n) is 4.10. The number of ether oxygens (including phenoxy) is 2. The summed E-state index contributed by atoms with van der Waals surface area (Å²) in [6.07, 6.45) is 3.96. The minimum atomic E-state index is 0.412. The lowest BCUT2D eigenvalue weighted by Crippen LogP contribution is -2.13. The largest absolute Gasteiger partial charge is 0.491 e. The molecule has 136 valence electrons. The molecule has 0 radical (unpaired) electrons. The van der Waals surface area contributed by atoms with E-state index in [0.29, 0.717) is 25.7 Å². The minimum absolute atomic E-state index is 0.412. The van der Waals surface area contributed by atoms with Crippen LogP contribution in [-0.4, -0.2) is 17.3 Å². The molecule has 1 aromatic heterocycles. The second-order valence-electron chi connectivity index (χ2n) is 6.50. The summed E-state index contributed by atoms with van der Waals surface area (Å²) in [4.78, 5) is 4.53. The molecule has 3 nitrogen and oxygen atoms in total. The van der Waals surface area contributed by atoms with Crippen molar-refractivity contribution < 1.29 is 9.47 Å². The van der Waals surface area contributed by atoms with Crippen LogP contribution >= 0.6 is 12.6 Å². The first-order valence-corrected chi connectivity index (χ1v) is 9.61. The Labute approximate surface area is 157 Å². The Bertz CT molecular complexity index is 646. The van der Waals surface area contributed by atoms with Gasteiger partial charge in [-0.3, -0.25) is 4.98 Å². The Morgan fingerprint density at radius 2 is 1.92 bits per heavy atom. The van der Waals surface area contributed by atoms with Crippen molar-refractivity contribution in [3.05, 3.63) is 58.9 Å². The van der Waals surface area contributed by atoms with Gasteiger partial charge >= 0.3 is 0 Å². The summed E-state index contributed by atoms with van der Waals surface area (Å²) in [6, 6.07) is 10.2. The van der Waals surface area contributed by atoms with Crippen molar-refractivity contribution in [2.45, 2.75) is 46.8 Å². The highest BCUT2D eigenvalue weighted by molar-refractivity contribution is 7.80. The number of aromatic nitrogens is 1. The van der Waals surface area contributed by atoms with Gasteiger partial charge in [-0.05, 0) is 30.6 Å². The molecule has 0 unspecified atom stereocenters. The maximum atomic E-state index is 6.11. The molecule has 0 N–H and O–H groups in total. The summed E-state index contributed by atoms with van der Waals surface area (Å²) in [5, 5.41) is 0. The van der Waals surface area contributed by atoms with Gasteiger partial charge in [0.2, 0.25) is 0 Å². The third kappa shape index (κ3) is 6.05. The lowest BCUT2D eigenvalue weighted by atomic mass is 10.0. The molecule has 1 atom stereocenters. The van der Waals surface area contributed by atoms with Gasteiger partial charge < -0.3 is 9.47 Å². The number of pyridine rings is 1. The van der Waals surface area contributed by atoms with Crippen molar-refractivity contribution >= 4 is 12.6 Å². The van der Waals surface area contributed by atoms with Crippen molar-refractivity contribution in [3.8, 4) is 5.75 Å². The van der Waals surface area contributed by atoms with Crippen LogP contribution in [0, 0.1) is 12.8 Å². The standard InChI is InChI=1S/C21H29NO2S/c1-4-8-20-19(14-23-13-18-9-6-5-7-10-18)11-22-17(3)21(20)24-12-16(2)15-25/h5-7,9-11,16,25H,4,8,12-15H2,1-3H3/t16-/m1/s1. The van der Waals surface area contributed by atoms with Crippen LogP contribution < -0.4 is 4.74 Å². The number of aryl methyl sites for hydroxylation is 1. The van der Waals surface area contributed by atoms with E-state index in [2.05, 4.69) is 43.6 Å². The zero-order valence-electron chi connectivity index (χ0n) is 15.5. The average molecular weight is 360 g/mol. The highest BCUT2D eigenvalue weighted by Crippen LogP contribution is 2.28. The average Bonchev–Trinajstić information content (AvgIpc) is 2.64. The Balaban J connectivity index is 2.10. The zero-order chi connectivity index (χ0) is 18.1. The SMILES string of the molecule is CCCc1c(COCc2ccccc2)cnc(C)c1OC[C@@H](C)CS. The molecule has 2 aromatic rings. The second kappa shape index (κ2) is 10.5. The number of benzene rings is 1. The second-order valence-corrected chi connectivity index (χ2v) is 6.87. The first-order chi connectivity index (χ1) is 12.2. The van der Waals surface area contributed by atoms with Crippen molar-refractivity contribution in [1.82, 2.24) is 4.98 Å². The molecule has 0 aliphatic heterocycles. The Morgan fingerprint density at radius 1 is 1.16 bits per heavy atom. The number of nitrogens with zero attached hydrogens (tertiary/aromatic N) is 1. The lowest BCUT2D eigenvalue weighted by molar-refractivity contribution is 0.106. The number of thiol groups is 1. The summed E-state index contributed by atoms with van der Waals surface area (Å²) in [7, 11) is 0. The van der Waals surface area contributed by atoms with Gasteiger partial charge in [-0.1, -0.05) is 50.6 Å². The van der Waals surface area contributed by atoms with Crippen LogP contribution in [0.5, 0.6) is 5.75 Å². The predicted octanol–water partition coefficient (Wildman–Crippen LogP) is 5.00. The molecule has 2 rings (SSSR count). The molecule has 0 saturated carbocycles. The topological polar surface area (TPSA) is 31.4 Å². The normalized spacial score (nSPS) is 12.2. The molecule has 25 heavy (non-hydrogen) atoms. The summed E-state index contributed by atoms with van der Waals surface area (Å²) in [5.41, 5.74) is 4.48. The maximum Gasteiger partial charge on any atom is 0.144 e. The van der Waals surface area contributed by atoms with E-state index in [1.807, 2.05) is 31.3 Å². The fraction of sp³-hybridized carbons (Fsp3) is 0.476. The minimum Gasteiger partial charge on any atom is -0.491 e. The van der Waals surface area contributed by atoms with Crippen molar-refractivity contribution in [3.63, 3.8) is 0 Å². The molecular formula is C21H29NO2S. The van der Waals surface area contributed by atoms with Crippen LogP contribution in [0.15, 0.2) is 36.5 Å². The first kappa shape index (κ1) is 19.8. The molecule has 1 aromatic carbocycles. The maximum absolute atomic E-state index is 6.11. The molecule has 1 heterocycles. The van der Waals surface area contributed by atoms with E-state index in [1.54, 1.807) is 0 Å². The highest BCUT2D eigenvalue weighted by atomic mass is 32.1. The van der Waals surface area contributed by atoms with E-state index >= 15 is 0 Å². The number of hydrogen-bond acceptors (Lipinski definition) is 4. The van der Waals surface area contributed by atoms with Gasteiger partial charge in [0.25, 0.3) is 0 Å². The Hall–Kier alpha value is -1.52. The summed E-state index contributed by atoms with van der Waals surface area (Å²) in [6.45, 7) is 8.15. The fourth-order valence-electron chi connectivity index (χ4n) is 2.65. The predicted molar refractivity (Wildman–Crippen MR) is 106 cm³/mol. The van der Waals surface area contributed by atoms with Gasteiger partial charge in [-0.15, -0.1) is 0 Å². The summed E-state index contributed by atoms with van der Waals surface area (Å²) < 4.78 is 12.0. The fourth-order valence-corrected chi connectivity index (χ4v) is 2.75. The van der Waals surface area contributed by atoms with E-state index in [1.165, 1.54) is 11.1 Å². The number of hydrogen-bond donors (Lipinski definition) is 1. The van der Waals surface area contributed by atoms with E-state index in [9.17, 15) is 0 Å². The van der Waals surface area contributed by atoms with Crippen molar-refractivity contribution in [2.75, 3.05) is 12.4 Å². The Morgan fingerprint density at radius 3 is 2.60 bits per heavy atom. The van der Waals surface area contributed by atoms with Gasteiger partial charge in [0.15, 0.2) is 0 Å². The van der Waals surface area contributed by atoms with Crippen molar-refractivity contribution in [1.29, 1.82) is 0 Å². The van der Waals surface area contributed by atoms with Gasteiger partial charge in [0, 0.05) is 17.3 Å². The van der Waals surface area contributed by atoms with Gasteiger partial charge in [-0.25, -0.2) is 0 Å². The summed E-state index contributed by atoms with van der Waals surface area (Å²) in [5.74, 6) is 2.15. The molecular weight excluding hydrogens is 330 g/mol. The van der Waals surface area contributed by atoms with E-state index in [0.717, 1.165) is 35.6 Å². The van der Waals surface area contributed by atoms with E-state index < -0.39 is 0 Å². The highest BCUT2D eigenvalue weighted by Gasteiger charge is 2.15. The van der Waals surface area contributed by atoms with Crippen LogP contribution in [0.4, 0.5) is 0 Å². The van der Waals surface area contributed by atoms with Gasteiger partial charge in [0.05, 0.1) is 25.5 Å². The molecule has 0 aliphatic carbocycles. The summed E-state index contributed by atoms with van der Waals surface area (Å²) >= 11 is 4.34. The quantitative estimate of drug-likeness (QED) is 0.606. The molecule has 0 bridgehead atoms. The van der Waals surface area contributed by atoms with Crippen LogP contribution in [0.1, 0.15) is 42.7 Å². The molecule has 0 amide bonds. The molecule has 0 spiro atoms. The molecule has 4 heteroatoms. The van der Waals surface area contributed by atoms with Crippen LogP contribution in [0.2, 0.25) is 0 Å². The first-order valence-electron chi connectivity index (χ1n) is 8.98. The number of rotatable bonds is 10. The molecule has 0 saturated heterocycles. The van der Waals surface area contributed by atoms with Crippen LogP contribution in [-0.2, 0) is 24.4 Å². The van der Waals surface area contributed by atoms with E-state index in [-0.39, 0.29) is 0 Å². The molecule has 0 aliphatic rings. The van der Waals surface area contributed by atoms with Crippen molar-refractivity contribution in [2.24, 2.45) is 5.92 Å². The Kier molecular flexibility index (Phi) is 8.29. The lowest BCUT2D eigenvalue weighted by Gasteiger charge is -2.19. The van der Waals surface area contributed by atoms with Gasteiger partial charge in [-0.2, -0.15) is 12.6 Å². The monoisotopic (exact) mass is 359 g/mol. The molecule has 0 fully saturated rings. The smallest absolute Gasteiger partial charge is 0.144 e. The van der Waals surface area contributed by atoms with Gasteiger partial charge in [0.1, 0.15) is 5.75 Å². The van der Waals surface area contributed by atoms with Crippen LogP contribution in [0.25, 0.3) is 0 Å².